The van der Waals surface area contributed by atoms with Crippen LogP contribution in [-0.2, 0) is 0 Å². The molecule has 1 fully saturated rings. The highest BCUT2D eigenvalue weighted by molar-refractivity contribution is 5.75. The van der Waals surface area contributed by atoms with Crippen molar-refractivity contribution in [1.29, 1.82) is 0 Å². The molecule has 1 aromatic heterocycles. The topological polar surface area (TPSA) is 50.1 Å². The van der Waals surface area contributed by atoms with Gasteiger partial charge in [-0.1, -0.05) is 26.0 Å². The van der Waals surface area contributed by atoms with Crippen molar-refractivity contribution in [3.63, 3.8) is 0 Å². The van der Waals surface area contributed by atoms with Crippen molar-refractivity contribution in [1.82, 2.24) is 14.9 Å². The molecule has 0 bridgehead atoms. The van der Waals surface area contributed by atoms with E-state index in [9.17, 15) is 5.11 Å². The molecule has 0 radical (unpaired) electrons. The second-order valence-corrected chi connectivity index (χ2v) is 6.27. The van der Waals surface area contributed by atoms with Gasteiger partial charge in [0.1, 0.15) is 0 Å². The van der Waals surface area contributed by atoms with E-state index in [4.69, 9.17) is 0 Å². The second kappa shape index (κ2) is 5.19. The van der Waals surface area contributed by atoms with Crippen molar-refractivity contribution in [2.75, 3.05) is 6.61 Å². The van der Waals surface area contributed by atoms with E-state index in [-0.39, 0.29) is 12.1 Å². The number of aliphatic hydroxyl groups is 1. The molecule has 1 saturated carbocycles. The van der Waals surface area contributed by atoms with Crippen LogP contribution in [0.1, 0.15) is 39.2 Å². The van der Waals surface area contributed by atoms with Crippen LogP contribution >= 0.6 is 0 Å². The van der Waals surface area contributed by atoms with Gasteiger partial charge in [-0.15, -0.1) is 0 Å². The molecule has 0 aliphatic heterocycles. The van der Waals surface area contributed by atoms with Crippen LogP contribution in [0.5, 0.6) is 0 Å². The van der Waals surface area contributed by atoms with Gasteiger partial charge in [0.15, 0.2) is 0 Å². The molecule has 108 valence electrons. The van der Waals surface area contributed by atoms with Gasteiger partial charge in [0, 0.05) is 17.6 Å². The summed E-state index contributed by atoms with van der Waals surface area (Å²) in [5.74, 6) is 0. The highest BCUT2D eigenvalue weighted by Gasteiger charge is 2.39. The summed E-state index contributed by atoms with van der Waals surface area (Å²) in [5.41, 5.74) is 2.10. The van der Waals surface area contributed by atoms with Crippen LogP contribution in [0.4, 0.5) is 0 Å². The van der Waals surface area contributed by atoms with Crippen molar-refractivity contribution in [3.05, 3.63) is 30.6 Å². The van der Waals surface area contributed by atoms with Crippen LogP contribution in [-0.4, -0.2) is 32.8 Å². The smallest absolute Gasteiger partial charge is 0.0960 e. The number of rotatable bonds is 4. The molecule has 2 unspecified atom stereocenters. The minimum atomic E-state index is -0.135. The maximum Gasteiger partial charge on any atom is 0.0960 e. The Balaban J connectivity index is 1.86. The van der Waals surface area contributed by atoms with Crippen LogP contribution in [0.3, 0.4) is 0 Å². The molecular formula is C16H23N3O. The normalized spacial score (nSPS) is 26.7. The zero-order chi connectivity index (χ0) is 14.2. The van der Waals surface area contributed by atoms with E-state index >= 15 is 0 Å². The van der Waals surface area contributed by atoms with Gasteiger partial charge in [0.2, 0.25) is 0 Å². The summed E-state index contributed by atoms with van der Waals surface area (Å²) in [4.78, 5) is 4.48. The monoisotopic (exact) mass is 273 g/mol. The summed E-state index contributed by atoms with van der Waals surface area (Å²) in [6, 6.07) is 9.05. The third kappa shape index (κ3) is 2.34. The van der Waals surface area contributed by atoms with Crippen molar-refractivity contribution >= 4 is 11.0 Å². The second-order valence-electron chi connectivity index (χ2n) is 6.27. The fourth-order valence-electron chi connectivity index (χ4n) is 3.54. The largest absolute Gasteiger partial charge is 0.394 e. The summed E-state index contributed by atoms with van der Waals surface area (Å²) in [6.07, 6.45) is 5.00. The van der Waals surface area contributed by atoms with E-state index in [0.717, 1.165) is 24.8 Å². The van der Waals surface area contributed by atoms with E-state index in [2.05, 4.69) is 40.8 Å². The molecule has 1 aliphatic rings. The van der Waals surface area contributed by atoms with Crippen LogP contribution in [0.25, 0.3) is 11.0 Å². The zero-order valence-electron chi connectivity index (χ0n) is 12.2. The van der Waals surface area contributed by atoms with E-state index in [1.54, 1.807) is 0 Å². The van der Waals surface area contributed by atoms with Crippen LogP contribution in [0.15, 0.2) is 30.6 Å². The number of aliphatic hydroxyl groups excluding tert-OH is 1. The molecule has 0 saturated heterocycles. The molecular weight excluding hydrogens is 250 g/mol. The summed E-state index contributed by atoms with van der Waals surface area (Å²) in [6.45, 7) is 4.48. The Kier molecular flexibility index (Phi) is 3.52. The quantitative estimate of drug-likeness (QED) is 0.900. The molecule has 1 aromatic carbocycles. The average molecular weight is 273 g/mol. The Morgan fingerprint density at radius 2 is 2.25 bits per heavy atom. The van der Waals surface area contributed by atoms with Gasteiger partial charge >= 0.3 is 0 Å². The number of fused-ring (bicyclic) bond motifs is 1. The molecule has 0 spiro atoms. The highest BCUT2D eigenvalue weighted by atomic mass is 16.3. The fraction of sp³-hybridized carbons (Fsp3) is 0.562. The van der Waals surface area contributed by atoms with Crippen molar-refractivity contribution in [2.45, 2.75) is 50.7 Å². The molecule has 2 aromatic rings. The highest BCUT2D eigenvalue weighted by Crippen LogP contribution is 2.39. The molecule has 4 heteroatoms. The Morgan fingerprint density at radius 1 is 1.45 bits per heavy atom. The van der Waals surface area contributed by atoms with Crippen molar-refractivity contribution in [2.24, 2.45) is 0 Å². The Hall–Kier alpha value is -1.39. The van der Waals surface area contributed by atoms with E-state index in [0.29, 0.717) is 12.1 Å². The SMILES string of the molecule is CC(C)NC1(CO)CCC(n2cnc3ccccc32)C1. The first-order valence-electron chi connectivity index (χ1n) is 7.44. The Morgan fingerprint density at radius 3 is 3.00 bits per heavy atom. The molecule has 2 atom stereocenters. The van der Waals surface area contributed by atoms with E-state index < -0.39 is 0 Å². The molecule has 0 amide bonds. The lowest BCUT2D eigenvalue weighted by Crippen LogP contribution is -2.49. The van der Waals surface area contributed by atoms with Crippen LogP contribution < -0.4 is 5.32 Å². The number of nitrogens with one attached hydrogen (secondary N) is 1. The number of aromatic nitrogens is 2. The standard InChI is InChI=1S/C16H23N3O/c1-12(2)18-16(10-20)8-7-13(9-16)19-11-17-14-5-3-4-6-15(14)19/h3-6,11-13,18,20H,7-10H2,1-2H3. The fourth-order valence-corrected chi connectivity index (χ4v) is 3.54. The van der Waals surface area contributed by atoms with E-state index in [1.165, 1.54) is 5.52 Å². The minimum absolute atomic E-state index is 0.135. The number of benzene rings is 1. The Labute approximate surface area is 119 Å². The van der Waals surface area contributed by atoms with Crippen LogP contribution in [0.2, 0.25) is 0 Å². The first-order chi connectivity index (χ1) is 9.63. The van der Waals surface area contributed by atoms with Gasteiger partial charge in [-0.2, -0.15) is 0 Å². The minimum Gasteiger partial charge on any atom is -0.394 e. The molecule has 1 aliphatic carbocycles. The molecule has 2 N–H and O–H groups in total. The third-order valence-corrected chi connectivity index (χ3v) is 4.35. The van der Waals surface area contributed by atoms with Gasteiger partial charge in [-0.05, 0) is 31.4 Å². The molecule has 20 heavy (non-hydrogen) atoms. The van der Waals surface area contributed by atoms with Gasteiger partial charge in [0.25, 0.3) is 0 Å². The van der Waals surface area contributed by atoms with Gasteiger partial charge < -0.3 is 15.0 Å². The average Bonchev–Trinajstić information content (AvgIpc) is 3.02. The van der Waals surface area contributed by atoms with Crippen LogP contribution in [0, 0.1) is 0 Å². The lowest BCUT2D eigenvalue weighted by molar-refractivity contribution is 0.152. The van der Waals surface area contributed by atoms with Gasteiger partial charge in [-0.25, -0.2) is 4.98 Å². The lowest BCUT2D eigenvalue weighted by Gasteiger charge is -2.31. The molecule has 3 rings (SSSR count). The van der Waals surface area contributed by atoms with Crippen molar-refractivity contribution < 1.29 is 5.11 Å². The Bertz CT molecular complexity index is 592. The molecule has 4 nitrogen and oxygen atoms in total. The summed E-state index contributed by atoms with van der Waals surface area (Å²) in [5, 5.41) is 13.4. The summed E-state index contributed by atoms with van der Waals surface area (Å²) < 4.78 is 2.27. The number of imidazole rings is 1. The zero-order valence-corrected chi connectivity index (χ0v) is 12.2. The summed E-state index contributed by atoms with van der Waals surface area (Å²) >= 11 is 0. The summed E-state index contributed by atoms with van der Waals surface area (Å²) in [7, 11) is 0. The van der Waals surface area contributed by atoms with E-state index in [1.807, 2.05) is 18.5 Å². The lowest BCUT2D eigenvalue weighted by atomic mass is 9.97. The van der Waals surface area contributed by atoms with Gasteiger partial charge in [0.05, 0.1) is 24.0 Å². The van der Waals surface area contributed by atoms with Gasteiger partial charge in [-0.3, -0.25) is 0 Å². The number of para-hydroxylation sites is 2. The number of nitrogens with zero attached hydrogens (tertiary/aromatic N) is 2. The first kappa shape index (κ1) is 13.6. The maximum atomic E-state index is 9.81. The third-order valence-electron chi connectivity index (χ3n) is 4.35. The van der Waals surface area contributed by atoms with Crippen molar-refractivity contribution in [3.8, 4) is 0 Å². The number of hydrogen-bond acceptors (Lipinski definition) is 3. The molecule has 1 heterocycles. The first-order valence-corrected chi connectivity index (χ1v) is 7.44. The maximum absolute atomic E-state index is 9.81. The number of hydrogen-bond donors (Lipinski definition) is 2. The predicted molar refractivity (Wildman–Crippen MR) is 80.7 cm³/mol. The predicted octanol–water partition coefficient (Wildman–Crippen LogP) is 2.49.